The van der Waals surface area contributed by atoms with Crippen LogP contribution < -0.4 is 15.4 Å². The average molecular weight is 403 g/mol. The van der Waals surface area contributed by atoms with E-state index in [-0.39, 0.29) is 0 Å². The largest absolute Gasteiger partial charge is 0.437 e. The number of ether oxygens (including phenoxy) is 1. The van der Waals surface area contributed by atoms with Crippen molar-refractivity contribution in [3.63, 3.8) is 0 Å². The maximum atomic E-state index is 12.0. The Balaban J connectivity index is 1.57. The van der Waals surface area contributed by atoms with Crippen LogP contribution in [-0.4, -0.2) is 17.9 Å². The van der Waals surface area contributed by atoms with Crippen LogP contribution in [-0.2, 0) is 4.84 Å². The van der Waals surface area contributed by atoms with Crippen LogP contribution >= 0.6 is 0 Å². The molecule has 0 saturated carbocycles. The molecule has 0 aliphatic rings. The van der Waals surface area contributed by atoms with E-state index < -0.39 is 12.2 Å². The van der Waals surface area contributed by atoms with Crippen LogP contribution in [0.4, 0.5) is 21.0 Å². The molecule has 3 aromatic rings. The third-order valence-electron chi connectivity index (χ3n) is 4.01. The molecule has 0 bridgehead atoms. The highest BCUT2D eigenvalue weighted by molar-refractivity contribution is 6.00. The van der Waals surface area contributed by atoms with E-state index in [1.54, 1.807) is 60.7 Å². The number of hydrogen-bond acceptors (Lipinski definition) is 5. The molecule has 0 aromatic heterocycles. The number of hydrogen-bond donors (Lipinski definition) is 2. The first-order chi connectivity index (χ1) is 14.6. The number of para-hydroxylation sites is 2. The summed E-state index contributed by atoms with van der Waals surface area (Å²) < 4.78 is 5.27. The molecule has 3 aromatic carbocycles. The maximum Gasteiger partial charge on any atom is 0.437 e. The molecule has 0 fully saturated rings. The van der Waals surface area contributed by atoms with E-state index in [9.17, 15) is 9.59 Å². The summed E-state index contributed by atoms with van der Waals surface area (Å²) in [4.78, 5) is 28.8. The number of benzene rings is 3. The first-order valence-electron chi connectivity index (χ1n) is 9.38. The van der Waals surface area contributed by atoms with E-state index in [0.717, 1.165) is 5.56 Å². The summed E-state index contributed by atoms with van der Waals surface area (Å²) in [6.45, 7) is 1.90. The number of amides is 2. The van der Waals surface area contributed by atoms with Gasteiger partial charge in [-0.2, -0.15) is 0 Å². The summed E-state index contributed by atoms with van der Waals surface area (Å²) in [6, 6.07) is 24.8. The van der Waals surface area contributed by atoms with Gasteiger partial charge in [0, 0.05) is 11.4 Å². The Kier molecular flexibility index (Phi) is 7.16. The zero-order valence-electron chi connectivity index (χ0n) is 16.4. The Bertz CT molecular complexity index is 1000. The molecule has 0 radical (unpaired) electrons. The van der Waals surface area contributed by atoms with E-state index in [0.29, 0.717) is 29.3 Å². The molecule has 3 rings (SSSR count). The fraction of sp³-hybridized carbons (Fsp3) is 0.0870. The highest BCUT2D eigenvalue weighted by Gasteiger charge is 2.08. The molecule has 152 valence electrons. The number of carbonyl (C=O) groups is 2. The van der Waals surface area contributed by atoms with Gasteiger partial charge >= 0.3 is 12.2 Å². The fourth-order valence-corrected chi connectivity index (χ4v) is 2.57. The monoisotopic (exact) mass is 403 g/mol. The van der Waals surface area contributed by atoms with Crippen LogP contribution in [0.25, 0.3) is 0 Å². The second-order valence-corrected chi connectivity index (χ2v) is 6.17. The number of anilines is 2. The molecule has 30 heavy (non-hydrogen) atoms. The lowest BCUT2D eigenvalue weighted by Gasteiger charge is -2.08. The lowest BCUT2D eigenvalue weighted by Crippen LogP contribution is -2.16. The Morgan fingerprint density at radius 1 is 0.767 bits per heavy atom. The number of rotatable bonds is 6. The van der Waals surface area contributed by atoms with Gasteiger partial charge in [-0.05, 0) is 60.5 Å². The van der Waals surface area contributed by atoms with Gasteiger partial charge in [0.2, 0.25) is 0 Å². The number of nitrogens with zero attached hydrogens (tertiary/aromatic N) is 1. The van der Waals surface area contributed by atoms with E-state index >= 15 is 0 Å². The minimum absolute atomic E-state index is 0.380. The molecular formula is C23H21N3O4. The van der Waals surface area contributed by atoms with Crippen molar-refractivity contribution < 1.29 is 19.2 Å². The summed E-state index contributed by atoms with van der Waals surface area (Å²) >= 11 is 0. The van der Waals surface area contributed by atoms with E-state index in [2.05, 4.69) is 15.8 Å². The van der Waals surface area contributed by atoms with E-state index in [4.69, 9.17) is 9.57 Å². The SMILES string of the molecule is CC/C(=N\OC(=O)Nc1ccccc1)c1ccc(OC(=O)Nc2ccccc2)cc1. The average Bonchev–Trinajstić information content (AvgIpc) is 2.76. The topological polar surface area (TPSA) is 89.0 Å². The Morgan fingerprint density at radius 3 is 1.83 bits per heavy atom. The molecular weight excluding hydrogens is 382 g/mol. The first-order valence-corrected chi connectivity index (χ1v) is 9.38. The molecule has 2 amide bonds. The molecule has 0 unspecified atom stereocenters. The molecule has 0 saturated heterocycles. The molecule has 0 aliphatic heterocycles. The predicted octanol–water partition coefficient (Wildman–Crippen LogP) is 5.66. The van der Waals surface area contributed by atoms with Crippen LogP contribution in [0.3, 0.4) is 0 Å². The maximum absolute atomic E-state index is 12.0. The van der Waals surface area contributed by atoms with Gasteiger partial charge in [0.1, 0.15) is 5.75 Å². The van der Waals surface area contributed by atoms with Crippen molar-refractivity contribution in [1.29, 1.82) is 0 Å². The summed E-state index contributed by atoms with van der Waals surface area (Å²) in [5, 5.41) is 9.17. The van der Waals surface area contributed by atoms with Crippen molar-refractivity contribution in [2.24, 2.45) is 5.16 Å². The van der Waals surface area contributed by atoms with Gasteiger partial charge in [0.05, 0.1) is 5.71 Å². The quantitative estimate of drug-likeness (QED) is 0.316. The van der Waals surface area contributed by atoms with Gasteiger partial charge in [-0.1, -0.05) is 48.5 Å². The third kappa shape index (κ3) is 6.20. The highest BCUT2D eigenvalue weighted by atomic mass is 16.7. The zero-order valence-corrected chi connectivity index (χ0v) is 16.4. The minimum atomic E-state index is -0.676. The van der Waals surface area contributed by atoms with Gasteiger partial charge in [0.15, 0.2) is 0 Å². The minimum Gasteiger partial charge on any atom is -0.410 e. The van der Waals surface area contributed by atoms with Crippen molar-refractivity contribution in [3.8, 4) is 5.75 Å². The van der Waals surface area contributed by atoms with Crippen LogP contribution in [0.15, 0.2) is 90.1 Å². The number of nitrogens with one attached hydrogen (secondary N) is 2. The van der Waals surface area contributed by atoms with Crippen molar-refractivity contribution in [2.45, 2.75) is 13.3 Å². The van der Waals surface area contributed by atoms with Crippen LogP contribution in [0, 0.1) is 0 Å². The standard InChI is InChI=1S/C23H21N3O4/c1-2-21(26-30-23(28)25-19-11-7-4-8-12-19)17-13-15-20(16-14-17)29-22(27)24-18-9-5-3-6-10-18/h3-16H,2H2,1H3,(H,24,27)(H,25,28)/b26-21+. The fourth-order valence-electron chi connectivity index (χ4n) is 2.57. The summed E-state index contributed by atoms with van der Waals surface area (Å²) in [5.74, 6) is 0.380. The molecule has 0 heterocycles. The Hall–Kier alpha value is -4.13. The van der Waals surface area contributed by atoms with Gasteiger partial charge in [-0.3, -0.25) is 15.5 Å². The van der Waals surface area contributed by atoms with Crippen LogP contribution in [0.2, 0.25) is 0 Å². The second kappa shape index (κ2) is 10.4. The van der Waals surface area contributed by atoms with E-state index in [1.807, 2.05) is 31.2 Å². The molecule has 0 atom stereocenters. The number of carbonyl (C=O) groups excluding carboxylic acids is 2. The first kappa shape index (κ1) is 20.6. The normalized spacial score (nSPS) is 10.8. The van der Waals surface area contributed by atoms with Gasteiger partial charge in [0.25, 0.3) is 0 Å². The summed E-state index contributed by atoms with van der Waals surface area (Å²) in [6.07, 6.45) is -0.711. The molecule has 0 aliphatic carbocycles. The van der Waals surface area contributed by atoms with Gasteiger partial charge in [-0.15, -0.1) is 0 Å². The Labute approximate surface area is 174 Å². The summed E-state index contributed by atoms with van der Waals surface area (Å²) in [5.41, 5.74) is 2.59. The summed E-state index contributed by atoms with van der Waals surface area (Å²) in [7, 11) is 0. The zero-order chi connectivity index (χ0) is 21.2. The highest BCUT2D eigenvalue weighted by Crippen LogP contribution is 2.16. The number of oxime groups is 1. The third-order valence-corrected chi connectivity index (χ3v) is 4.01. The molecule has 2 N–H and O–H groups in total. The molecule has 0 spiro atoms. The lowest BCUT2D eigenvalue weighted by molar-refractivity contribution is 0.166. The van der Waals surface area contributed by atoms with Gasteiger partial charge in [-0.25, -0.2) is 9.59 Å². The van der Waals surface area contributed by atoms with Crippen molar-refractivity contribution in [2.75, 3.05) is 10.6 Å². The van der Waals surface area contributed by atoms with Crippen molar-refractivity contribution in [3.05, 3.63) is 90.5 Å². The molecule has 7 heteroatoms. The lowest BCUT2D eigenvalue weighted by atomic mass is 10.1. The Morgan fingerprint density at radius 2 is 1.30 bits per heavy atom. The molecule has 7 nitrogen and oxygen atoms in total. The van der Waals surface area contributed by atoms with Crippen molar-refractivity contribution in [1.82, 2.24) is 0 Å². The second-order valence-electron chi connectivity index (χ2n) is 6.17. The van der Waals surface area contributed by atoms with Gasteiger partial charge < -0.3 is 4.74 Å². The predicted molar refractivity (Wildman–Crippen MR) is 116 cm³/mol. The van der Waals surface area contributed by atoms with Crippen molar-refractivity contribution >= 4 is 29.3 Å². The van der Waals surface area contributed by atoms with Crippen LogP contribution in [0.1, 0.15) is 18.9 Å². The van der Waals surface area contributed by atoms with E-state index in [1.165, 1.54) is 0 Å². The van der Waals surface area contributed by atoms with Crippen LogP contribution in [0.5, 0.6) is 5.75 Å². The smallest absolute Gasteiger partial charge is 0.410 e.